The maximum Gasteiger partial charge on any atom is 0.397 e. The van der Waals surface area contributed by atoms with Crippen molar-refractivity contribution < 1.29 is 28.7 Å². The molecule has 0 atom stereocenters. The first kappa shape index (κ1) is 20.6. The summed E-state index contributed by atoms with van der Waals surface area (Å²) in [4.78, 5) is 47.9. The number of esters is 2. The zero-order valence-electron chi connectivity index (χ0n) is 14.7. The van der Waals surface area contributed by atoms with Crippen LogP contribution in [0.15, 0.2) is 0 Å². The van der Waals surface area contributed by atoms with Crippen LogP contribution in [0.5, 0.6) is 0 Å². The Kier molecular flexibility index (Phi) is 8.06. The summed E-state index contributed by atoms with van der Waals surface area (Å²) in [6.45, 7) is 5.70. The zero-order chi connectivity index (χ0) is 19.0. The molecule has 0 fully saturated rings. The van der Waals surface area contributed by atoms with Crippen molar-refractivity contribution in [3.63, 3.8) is 0 Å². The van der Waals surface area contributed by atoms with Crippen LogP contribution in [0.25, 0.3) is 0 Å². The average Bonchev–Trinajstić information content (AvgIpc) is 2.90. The van der Waals surface area contributed by atoms with Gasteiger partial charge in [-0.25, -0.2) is 9.59 Å². The Bertz CT molecular complexity index is 668. The Morgan fingerprint density at radius 1 is 1.16 bits per heavy atom. The van der Waals surface area contributed by atoms with Crippen LogP contribution < -0.4 is 10.6 Å². The Balaban J connectivity index is 3.12. The minimum atomic E-state index is -1.07. The predicted octanol–water partition coefficient (Wildman–Crippen LogP) is 1.87. The van der Waals surface area contributed by atoms with Gasteiger partial charge in [0.1, 0.15) is 5.00 Å². The molecule has 0 saturated heterocycles. The van der Waals surface area contributed by atoms with Crippen LogP contribution in [-0.2, 0) is 19.1 Å². The van der Waals surface area contributed by atoms with E-state index < -0.39 is 17.8 Å². The number of hydrogen-bond donors (Lipinski definition) is 2. The van der Waals surface area contributed by atoms with Crippen molar-refractivity contribution in [1.82, 2.24) is 5.32 Å². The highest BCUT2D eigenvalue weighted by Crippen LogP contribution is 2.33. The molecule has 0 radical (unpaired) electrons. The first-order valence-electron chi connectivity index (χ1n) is 7.85. The molecule has 0 saturated carbocycles. The van der Waals surface area contributed by atoms with E-state index in [1.54, 1.807) is 13.8 Å². The van der Waals surface area contributed by atoms with E-state index in [4.69, 9.17) is 4.74 Å². The third kappa shape index (κ3) is 5.28. The first-order chi connectivity index (χ1) is 11.9. The van der Waals surface area contributed by atoms with Crippen LogP contribution in [0.3, 0.4) is 0 Å². The van der Waals surface area contributed by atoms with E-state index >= 15 is 0 Å². The summed E-state index contributed by atoms with van der Waals surface area (Å²) in [6, 6.07) is 0. The van der Waals surface area contributed by atoms with Gasteiger partial charge in [0.25, 0.3) is 5.91 Å². The standard InChI is InChI=1S/C16H22N2O6S/c1-5-7-8-17-12(19)11-9(3)10(15(21)23-4)14(25-11)18-13(20)16(22)24-6-2/h5-8H2,1-4H3,(H,17,19)(H,18,20). The average molecular weight is 370 g/mol. The Hall–Kier alpha value is -2.42. The molecule has 1 aromatic heterocycles. The van der Waals surface area contributed by atoms with Crippen LogP contribution in [0.4, 0.5) is 5.00 Å². The van der Waals surface area contributed by atoms with Crippen LogP contribution in [0, 0.1) is 6.92 Å². The van der Waals surface area contributed by atoms with Gasteiger partial charge in [0.05, 0.1) is 24.2 Å². The monoisotopic (exact) mass is 370 g/mol. The highest BCUT2D eigenvalue weighted by atomic mass is 32.1. The van der Waals surface area contributed by atoms with Gasteiger partial charge in [0.2, 0.25) is 0 Å². The van der Waals surface area contributed by atoms with Crippen LogP contribution in [0.1, 0.15) is 52.3 Å². The van der Waals surface area contributed by atoms with Gasteiger partial charge in [0, 0.05) is 6.54 Å². The number of hydrogen-bond acceptors (Lipinski definition) is 7. The van der Waals surface area contributed by atoms with Gasteiger partial charge in [-0.3, -0.25) is 9.59 Å². The molecule has 8 nitrogen and oxygen atoms in total. The molecule has 1 aromatic rings. The van der Waals surface area contributed by atoms with E-state index in [1.165, 1.54) is 7.11 Å². The number of methoxy groups -OCH3 is 1. The molecule has 2 amide bonds. The fraction of sp³-hybridized carbons (Fsp3) is 0.500. The highest BCUT2D eigenvalue weighted by Gasteiger charge is 2.27. The van der Waals surface area contributed by atoms with Crippen molar-refractivity contribution in [2.75, 3.05) is 25.6 Å². The van der Waals surface area contributed by atoms with E-state index in [0.29, 0.717) is 12.1 Å². The quantitative estimate of drug-likeness (QED) is 0.431. The summed E-state index contributed by atoms with van der Waals surface area (Å²) >= 11 is 0.907. The van der Waals surface area contributed by atoms with E-state index in [1.807, 2.05) is 6.92 Å². The van der Waals surface area contributed by atoms with E-state index in [9.17, 15) is 19.2 Å². The van der Waals surface area contributed by atoms with Crippen LogP contribution >= 0.6 is 11.3 Å². The molecule has 1 rings (SSSR count). The lowest BCUT2D eigenvalue weighted by atomic mass is 10.1. The SMILES string of the molecule is CCCCNC(=O)c1sc(NC(=O)C(=O)OCC)c(C(=O)OC)c1C. The van der Waals surface area contributed by atoms with E-state index in [2.05, 4.69) is 15.4 Å². The fourth-order valence-corrected chi connectivity index (χ4v) is 3.08. The van der Waals surface area contributed by atoms with Gasteiger partial charge in [-0.15, -0.1) is 11.3 Å². The summed E-state index contributed by atoms with van der Waals surface area (Å²) in [7, 11) is 1.19. The minimum Gasteiger partial charge on any atom is -0.465 e. The highest BCUT2D eigenvalue weighted by molar-refractivity contribution is 7.18. The van der Waals surface area contributed by atoms with Gasteiger partial charge in [0.15, 0.2) is 0 Å². The summed E-state index contributed by atoms with van der Waals surface area (Å²) < 4.78 is 9.32. The molecule has 0 aromatic carbocycles. The van der Waals surface area contributed by atoms with Crippen molar-refractivity contribution in [1.29, 1.82) is 0 Å². The molecule has 138 valence electrons. The third-order valence-electron chi connectivity index (χ3n) is 3.25. The lowest BCUT2D eigenvalue weighted by molar-refractivity contribution is -0.152. The summed E-state index contributed by atoms with van der Waals surface area (Å²) in [5.41, 5.74) is 0.427. The second kappa shape index (κ2) is 9.77. The van der Waals surface area contributed by atoms with Crippen molar-refractivity contribution in [2.45, 2.75) is 33.6 Å². The van der Waals surface area contributed by atoms with E-state index in [-0.39, 0.29) is 28.0 Å². The second-order valence-corrected chi connectivity index (χ2v) is 6.06. The molecule has 1 heterocycles. The second-order valence-electron chi connectivity index (χ2n) is 5.04. The van der Waals surface area contributed by atoms with Gasteiger partial charge < -0.3 is 20.1 Å². The molecule has 9 heteroatoms. The third-order valence-corrected chi connectivity index (χ3v) is 4.45. The largest absolute Gasteiger partial charge is 0.465 e. The zero-order valence-corrected chi connectivity index (χ0v) is 15.5. The number of amides is 2. The molecule has 0 aliphatic heterocycles. The fourth-order valence-electron chi connectivity index (χ4n) is 1.98. The van der Waals surface area contributed by atoms with Gasteiger partial charge in [-0.1, -0.05) is 13.3 Å². The summed E-state index contributed by atoms with van der Waals surface area (Å²) in [6.07, 6.45) is 1.75. The lowest BCUT2D eigenvalue weighted by Crippen LogP contribution is -2.25. The van der Waals surface area contributed by atoms with Gasteiger partial charge in [-0.05, 0) is 25.8 Å². The molecule has 0 bridgehead atoms. The molecular weight excluding hydrogens is 348 g/mol. The predicted molar refractivity (Wildman–Crippen MR) is 92.9 cm³/mol. The van der Waals surface area contributed by atoms with Crippen molar-refractivity contribution in [3.8, 4) is 0 Å². The van der Waals surface area contributed by atoms with Crippen molar-refractivity contribution in [3.05, 3.63) is 16.0 Å². The first-order valence-corrected chi connectivity index (χ1v) is 8.66. The number of rotatable bonds is 7. The smallest absolute Gasteiger partial charge is 0.397 e. The van der Waals surface area contributed by atoms with Crippen molar-refractivity contribution in [2.24, 2.45) is 0 Å². The number of thiophene rings is 1. The number of unbranched alkanes of at least 4 members (excludes halogenated alkanes) is 1. The number of carbonyl (C=O) groups is 4. The van der Waals surface area contributed by atoms with Crippen LogP contribution in [-0.4, -0.2) is 44.0 Å². The van der Waals surface area contributed by atoms with Crippen LogP contribution in [0.2, 0.25) is 0 Å². The maximum absolute atomic E-state index is 12.3. The minimum absolute atomic E-state index is 0.0463. The normalized spacial score (nSPS) is 10.1. The molecular formula is C16H22N2O6S. The van der Waals surface area contributed by atoms with Gasteiger partial charge >= 0.3 is 17.8 Å². The lowest BCUT2D eigenvalue weighted by Gasteiger charge is -2.05. The Labute approximate surface area is 149 Å². The Morgan fingerprint density at radius 2 is 1.84 bits per heavy atom. The number of ether oxygens (including phenoxy) is 2. The molecule has 0 aliphatic rings. The number of carbonyl (C=O) groups excluding carboxylic acids is 4. The number of nitrogens with one attached hydrogen (secondary N) is 2. The molecule has 0 unspecified atom stereocenters. The molecule has 25 heavy (non-hydrogen) atoms. The summed E-state index contributed by atoms with van der Waals surface area (Å²) in [5, 5.41) is 5.14. The molecule has 0 spiro atoms. The summed E-state index contributed by atoms with van der Waals surface area (Å²) in [5.74, 6) is -3.15. The maximum atomic E-state index is 12.3. The van der Waals surface area contributed by atoms with E-state index in [0.717, 1.165) is 24.2 Å². The van der Waals surface area contributed by atoms with Crippen molar-refractivity contribution >= 4 is 40.1 Å². The molecule has 2 N–H and O–H groups in total. The Morgan fingerprint density at radius 3 is 2.40 bits per heavy atom. The number of anilines is 1. The van der Waals surface area contributed by atoms with Gasteiger partial charge in [-0.2, -0.15) is 0 Å². The molecule has 0 aliphatic carbocycles. The topological polar surface area (TPSA) is 111 Å².